The van der Waals surface area contributed by atoms with Gasteiger partial charge in [-0.1, -0.05) is 0 Å². The van der Waals surface area contributed by atoms with Gasteiger partial charge in [-0.15, -0.1) is 0 Å². The van der Waals surface area contributed by atoms with E-state index in [0.717, 1.165) is 17.2 Å². The van der Waals surface area contributed by atoms with E-state index < -0.39 is 10.0 Å². The molecule has 4 aromatic rings. The summed E-state index contributed by atoms with van der Waals surface area (Å²) >= 11 is 0. The number of hydrogen-bond acceptors (Lipinski definition) is 7. The van der Waals surface area contributed by atoms with Crippen molar-refractivity contribution in [1.82, 2.24) is 33.8 Å². The van der Waals surface area contributed by atoms with E-state index in [1.807, 2.05) is 37.5 Å². The zero-order valence-corrected chi connectivity index (χ0v) is 18.3. The average molecular weight is 451 g/mol. The van der Waals surface area contributed by atoms with Crippen LogP contribution >= 0.6 is 0 Å². The lowest BCUT2D eigenvalue weighted by Crippen LogP contribution is -2.48. The van der Waals surface area contributed by atoms with Crippen LogP contribution in [-0.4, -0.2) is 68.4 Å². The Morgan fingerprint density at radius 1 is 0.875 bits per heavy atom. The Bertz CT molecular complexity index is 1310. The Labute approximate surface area is 185 Å². The van der Waals surface area contributed by atoms with Gasteiger partial charge in [-0.2, -0.15) is 14.5 Å². The predicted octanol–water partition coefficient (Wildman–Crippen LogP) is 1.67. The second-order valence-electron chi connectivity index (χ2n) is 7.47. The van der Waals surface area contributed by atoms with Gasteiger partial charge < -0.3 is 4.90 Å². The molecule has 32 heavy (non-hydrogen) atoms. The number of rotatable bonds is 5. The van der Waals surface area contributed by atoms with Gasteiger partial charge in [0, 0.05) is 50.8 Å². The molecule has 3 aromatic heterocycles. The zero-order chi connectivity index (χ0) is 22.1. The molecule has 164 valence electrons. The van der Waals surface area contributed by atoms with E-state index in [0.29, 0.717) is 32.0 Å². The fourth-order valence-electron chi connectivity index (χ4n) is 3.68. The van der Waals surface area contributed by atoms with E-state index in [1.54, 1.807) is 39.8 Å². The fourth-order valence-corrected chi connectivity index (χ4v) is 5.10. The molecular formula is C21H22N8O2S. The van der Waals surface area contributed by atoms with Crippen LogP contribution in [-0.2, 0) is 10.0 Å². The second kappa shape index (κ2) is 8.17. The quantitative estimate of drug-likeness (QED) is 0.456. The Morgan fingerprint density at radius 2 is 1.62 bits per heavy atom. The molecule has 1 aliphatic rings. The molecular weight excluding hydrogens is 428 g/mol. The first-order valence-corrected chi connectivity index (χ1v) is 11.6. The molecule has 1 saturated heterocycles. The molecule has 0 atom stereocenters. The molecule has 0 amide bonds. The Hall–Kier alpha value is -3.57. The minimum Gasteiger partial charge on any atom is -0.354 e. The zero-order valence-electron chi connectivity index (χ0n) is 17.5. The number of nitrogens with zero attached hydrogens (tertiary/aromatic N) is 8. The molecule has 0 unspecified atom stereocenters. The van der Waals surface area contributed by atoms with Crippen molar-refractivity contribution < 1.29 is 8.42 Å². The van der Waals surface area contributed by atoms with Gasteiger partial charge in [-0.25, -0.2) is 27.7 Å². The Kier molecular flexibility index (Phi) is 5.19. The first-order chi connectivity index (χ1) is 15.5. The summed E-state index contributed by atoms with van der Waals surface area (Å²) in [5.74, 6) is 1.43. The fraction of sp³-hybridized carbons (Fsp3) is 0.238. The van der Waals surface area contributed by atoms with Crippen LogP contribution in [0.4, 0.5) is 5.82 Å². The molecule has 0 N–H and O–H groups in total. The van der Waals surface area contributed by atoms with E-state index in [-0.39, 0.29) is 4.90 Å². The van der Waals surface area contributed by atoms with Gasteiger partial charge in [0.05, 0.1) is 16.3 Å². The molecule has 10 nitrogen and oxygen atoms in total. The summed E-state index contributed by atoms with van der Waals surface area (Å²) in [6, 6.07) is 12.4. The van der Waals surface area contributed by atoms with Gasteiger partial charge in [0.15, 0.2) is 5.82 Å². The number of aromatic nitrogens is 6. The van der Waals surface area contributed by atoms with E-state index >= 15 is 0 Å². The molecule has 0 aliphatic carbocycles. The van der Waals surface area contributed by atoms with E-state index in [9.17, 15) is 8.42 Å². The number of anilines is 1. The third-order valence-electron chi connectivity index (χ3n) is 5.40. The Morgan fingerprint density at radius 3 is 2.28 bits per heavy atom. The standard InChI is InChI=1S/C21H22N8O2S/c1-17-7-10-29(25-17)21-15-20(22-16-23-21)26-11-13-27(14-12-26)32(30,31)19-5-3-18(4-6-19)28-9-2-8-24-28/h2-10,15-16H,11-14H2,1H3. The maximum Gasteiger partial charge on any atom is 0.243 e. The maximum absolute atomic E-state index is 13.1. The molecule has 11 heteroatoms. The summed E-state index contributed by atoms with van der Waals surface area (Å²) in [5, 5.41) is 8.55. The van der Waals surface area contributed by atoms with Crippen molar-refractivity contribution in [1.29, 1.82) is 0 Å². The summed E-state index contributed by atoms with van der Waals surface area (Å²) in [7, 11) is -3.57. The number of hydrogen-bond donors (Lipinski definition) is 0. The van der Waals surface area contributed by atoms with E-state index in [4.69, 9.17) is 0 Å². The number of aryl methyl sites for hydroxylation is 1. The Balaban J connectivity index is 1.28. The van der Waals surface area contributed by atoms with Crippen LogP contribution in [0.15, 0.2) is 72.3 Å². The molecule has 1 aliphatic heterocycles. The smallest absolute Gasteiger partial charge is 0.243 e. The van der Waals surface area contributed by atoms with Crippen LogP contribution in [0.3, 0.4) is 0 Å². The van der Waals surface area contributed by atoms with Crippen molar-refractivity contribution in [2.45, 2.75) is 11.8 Å². The van der Waals surface area contributed by atoms with Crippen LogP contribution in [0.2, 0.25) is 0 Å². The molecule has 0 spiro atoms. The van der Waals surface area contributed by atoms with Crippen LogP contribution in [0.5, 0.6) is 0 Å². The van der Waals surface area contributed by atoms with Gasteiger partial charge in [0.1, 0.15) is 12.1 Å². The minimum absolute atomic E-state index is 0.278. The highest BCUT2D eigenvalue weighted by Gasteiger charge is 2.29. The normalized spacial score (nSPS) is 15.2. The van der Waals surface area contributed by atoms with Crippen molar-refractivity contribution in [2.24, 2.45) is 0 Å². The number of piperazine rings is 1. The second-order valence-corrected chi connectivity index (χ2v) is 9.41. The third-order valence-corrected chi connectivity index (χ3v) is 7.31. The highest BCUT2D eigenvalue weighted by atomic mass is 32.2. The summed E-state index contributed by atoms with van der Waals surface area (Å²) in [6.45, 7) is 3.76. The summed E-state index contributed by atoms with van der Waals surface area (Å²) in [4.78, 5) is 11.0. The van der Waals surface area contributed by atoms with E-state index in [1.165, 1.54) is 10.6 Å². The first kappa shape index (κ1) is 20.3. The molecule has 1 aromatic carbocycles. The minimum atomic E-state index is -3.57. The van der Waals surface area contributed by atoms with Gasteiger partial charge in [-0.05, 0) is 43.3 Å². The molecule has 1 fully saturated rings. The van der Waals surface area contributed by atoms with Gasteiger partial charge in [-0.3, -0.25) is 0 Å². The van der Waals surface area contributed by atoms with Crippen molar-refractivity contribution >= 4 is 15.8 Å². The summed E-state index contributed by atoms with van der Waals surface area (Å²) in [5.41, 5.74) is 1.72. The predicted molar refractivity (Wildman–Crippen MR) is 118 cm³/mol. The highest BCUT2D eigenvalue weighted by molar-refractivity contribution is 7.89. The lowest BCUT2D eigenvalue weighted by atomic mass is 10.3. The van der Waals surface area contributed by atoms with E-state index in [2.05, 4.69) is 25.1 Å². The molecule has 0 bridgehead atoms. The SMILES string of the molecule is Cc1ccn(-c2cc(N3CCN(S(=O)(=O)c4ccc(-n5cccn5)cc4)CC3)ncn2)n1. The van der Waals surface area contributed by atoms with Crippen molar-refractivity contribution in [3.05, 3.63) is 73.1 Å². The van der Waals surface area contributed by atoms with Crippen molar-refractivity contribution in [3.63, 3.8) is 0 Å². The molecule has 0 saturated carbocycles. The van der Waals surface area contributed by atoms with Crippen LogP contribution in [0, 0.1) is 6.92 Å². The average Bonchev–Trinajstić information content (AvgIpc) is 3.52. The largest absolute Gasteiger partial charge is 0.354 e. The lowest BCUT2D eigenvalue weighted by Gasteiger charge is -2.34. The number of sulfonamides is 1. The van der Waals surface area contributed by atoms with Gasteiger partial charge in [0.25, 0.3) is 0 Å². The molecule has 4 heterocycles. The topological polar surface area (TPSA) is 102 Å². The van der Waals surface area contributed by atoms with Crippen LogP contribution < -0.4 is 4.90 Å². The summed E-state index contributed by atoms with van der Waals surface area (Å²) < 4.78 is 31.1. The maximum atomic E-state index is 13.1. The highest BCUT2D eigenvalue weighted by Crippen LogP contribution is 2.22. The number of benzene rings is 1. The monoisotopic (exact) mass is 450 g/mol. The van der Waals surface area contributed by atoms with Gasteiger partial charge >= 0.3 is 0 Å². The van der Waals surface area contributed by atoms with Crippen molar-refractivity contribution in [2.75, 3.05) is 31.1 Å². The van der Waals surface area contributed by atoms with Crippen LogP contribution in [0.1, 0.15) is 5.69 Å². The molecule has 0 radical (unpaired) electrons. The summed E-state index contributed by atoms with van der Waals surface area (Å²) in [6.07, 6.45) is 6.85. The lowest BCUT2D eigenvalue weighted by molar-refractivity contribution is 0.383. The third kappa shape index (κ3) is 3.87. The van der Waals surface area contributed by atoms with Crippen molar-refractivity contribution in [3.8, 4) is 11.5 Å². The first-order valence-electron chi connectivity index (χ1n) is 10.2. The molecule has 5 rings (SSSR count). The van der Waals surface area contributed by atoms with Gasteiger partial charge in [0.2, 0.25) is 10.0 Å². The van der Waals surface area contributed by atoms with Crippen LogP contribution in [0.25, 0.3) is 11.5 Å².